The van der Waals surface area contributed by atoms with Crippen LogP contribution in [0.4, 0.5) is 0 Å². The third kappa shape index (κ3) is 65.8. The molecule has 0 aliphatic heterocycles. The van der Waals surface area contributed by atoms with Crippen LogP contribution in [-0.4, -0.2) is 96.7 Å². The first-order valence-corrected chi connectivity index (χ1v) is 41.3. The molecule has 0 aliphatic rings. The quantitative estimate of drug-likeness (QED) is 0.0222. The van der Waals surface area contributed by atoms with Gasteiger partial charge in [-0.3, -0.25) is 37.3 Å². The van der Waals surface area contributed by atoms with Crippen LogP contribution < -0.4 is 0 Å². The van der Waals surface area contributed by atoms with Crippen molar-refractivity contribution in [3.63, 3.8) is 0 Å². The Bertz CT molecular complexity index is 1840. The third-order valence-corrected chi connectivity index (χ3v) is 19.7. The number of esters is 4. The fraction of sp³-hybridized carbons (Fsp3) is 0.946. The van der Waals surface area contributed by atoms with E-state index in [1.807, 2.05) is 0 Å². The van der Waals surface area contributed by atoms with Crippen LogP contribution in [-0.2, 0) is 65.4 Å². The van der Waals surface area contributed by atoms with E-state index in [1.54, 1.807) is 0 Å². The van der Waals surface area contributed by atoms with Gasteiger partial charge in [-0.25, -0.2) is 9.13 Å². The maximum Gasteiger partial charge on any atom is 0.472 e. The van der Waals surface area contributed by atoms with Crippen molar-refractivity contribution >= 4 is 39.5 Å². The van der Waals surface area contributed by atoms with Gasteiger partial charge in [0.05, 0.1) is 26.4 Å². The Kier molecular flexibility index (Phi) is 62.2. The largest absolute Gasteiger partial charge is 0.472 e. The number of aliphatic hydroxyl groups is 1. The van der Waals surface area contributed by atoms with Crippen molar-refractivity contribution < 1.29 is 80.2 Å². The highest BCUT2D eigenvalue weighted by Crippen LogP contribution is 2.45. The highest BCUT2D eigenvalue weighted by Gasteiger charge is 2.30. The zero-order valence-electron chi connectivity index (χ0n) is 60.9. The fourth-order valence-electron chi connectivity index (χ4n) is 11.1. The van der Waals surface area contributed by atoms with E-state index in [9.17, 15) is 43.2 Å². The topological polar surface area (TPSA) is 237 Å². The molecule has 0 aliphatic carbocycles. The van der Waals surface area contributed by atoms with Crippen molar-refractivity contribution in [2.24, 2.45) is 23.7 Å². The number of phosphoric ester groups is 2. The Balaban J connectivity index is 5.18. The van der Waals surface area contributed by atoms with E-state index in [-0.39, 0.29) is 25.7 Å². The van der Waals surface area contributed by atoms with Gasteiger partial charge in [-0.2, -0.15) is 0 Å². The lowest BCUT2D eigenvalue weighted by atomic mass is 9.99. The number of carbonyl (C=O) groups is 4. The van der Waals surface area contributed by atoms with E-state index in [2.05, 4.69) is 55.4 Å². The molecular formula is C74H144O17P2. The highest BCUT2D eigenvalue weighted by atomic mass is 31.2. The predicted octanol–water partition coefficient (Wildman–Crippen LogP) is 21.3. The Hall–Kier alpha value is -1.94. The molecule has 0 fully saturated rings. The lowest BCUT2D eigenvalue weighted by molar-refractivity contribution is -0.161. The average molecular weight is 1370 g/mol. The second-order valence-corrected chi connectivity index (χ2v) is 31.0. The third-order valence-electron chi connectivity index (χ3n) is 17.8. The van der Waals surface area contributed by atoms with Crippen LogP contribution in [0.25, 0.3) is 0 Å². The number of unbranched alkanes of at least 4 members (excludes halogenated alkanes) is 35. The minimum absolute atomic E-state index is 0.104. The second kappa shape index (κ2) is 63.5. The molecule has 0 bridgehead atoms. The molecule has 0 radical (unpaired) electrons. The van der Waals surface area contributed by atoms with E-state index < -0.39 is 97.5 Å². The first-order chi connectivity index (χ1) is 44.7. The summed E-state index contributed by atoms with van der Waals surface area (Å²) in [5.74, 6) is 0.897. The summed E-state index contributed by atoms with van der Waals surface area (Å²) < 4.78 is 68.4. The lowest BCUT2D eigenvalue weighted by Gasteiger charge is -2.21. The smallest absolute Gasteiger partial charge is 0.462 e. The van der Waals surface area contributed by atoms with Gasteiger partial charge in [0.2, 0.25) is 0 Å². The van der Waals surface area contributed by atoms with E-state index in [0.29, 0.717) is 31.6 Å². The summed E-state index contributed by atoms with van der Waals surface area (Å²) in [5.41, 5.74) is 0. The van der Waals surface area contributed by atoms with Gasteiger partial charge in [0.25, 0.3) is 0 Å². The van der Waals surface area contributed by atoms with Crippen molar-refractivity contribution in [3.05, 3.63) is 0 Å². The van der Waals surface area contributed by atoms with Crippen LogP contribution in [0.1, 0.15) is 370 Å². The van der Waals surface area contributed by atoms with Crippen LogP contribution in [0.15, 0.2) is 0 Å². The lowest BCUT2D eigenvalue weighted by Crippen LogP contribution is -2.30. The van der Waals surface area contributed by atoms with E-state index in [1.165, 1.54) is 161 Å². The number of rotatable bonds is 71. The monoisotopic (exact) mass is 1370 g/mol. The predicted molar refractivity (Wildman–Crippen MR) is 377 cm³/mol. The molecule has 552 valence electrons. The van der Waals surface area contributed by atoms with E-state index in [4.69, 9.17) is 37.0 Å². The number of ether oxygens (including phenoxy) is 4. The minimum atomic E-state index is -4.96. The summed E-state index contributed by atoms with van der Waals surface area (Å²) >= 11 is 0. The molecule has 7 atom stereocenters. The first-order valence-electron chi connectivity index (χ1n) is 38.3. The van der Waals surface area contributed by atoms with Crippen molar-refractivity contribution in [2.75, 3.05) is 39.6 Å². The normalized spacial score (nSPS) is 14.8. The van der Waals surface area contributed by atoms with Crippen LogP contribution >= 0.6 is 15.6 Å². The summed E-state index contributed by atoms with van der Waals surface area (Å²) in [6, 6.07) is 0. The van der Waals surface area contributed by atoms with E-state index >= 15 is 0 Å². The van der Waals surface area contributed by atoms with Gasteiger partial charge in [-0.05, 0) is 49.4 Å². The molecule has 5 unspecified atom stereocenters. The number of phosphoric acid groups is 2. The second-order valence-electron chi connectivity index (χ2n) is 28.1. The van der Waals surface area contributed by atoms with Crippen LogP contribution in [0.3, 0.4) is 0 Å². The molecule has 0 aromatic rings. The highest BCUT2D eigenvalue weighted by molar-refractivity contribution is 7.47. The fourth-order valence-corrected chi connectivity index (χ4v) is 12.7. The molecule has 0 saturated carbocycles. The summed E-state index contributed by atoms with van der Waals surface area (Å²) in [6.07, 6.45) is 47.4. The molecule has 3 N–H and O–H groups in total. The van der Waals surface area contributed by atoms with Crippen LogP contribution in [0.2, 0.25) is 0 Å². The Morgan fingerprint density at radius 2 is 0.516 bits per heavy atom. The van der Waals surface area contributed by atoms with Gasteiger partial charge in [-0.15, -0.1) is 0 Å². The van der Waals surface area contributed by atoms with Crippen molar-refractivity contribution in [2.45, 2.75) is 388 Å². The van der Waals surface area contributed by atoms with Crippen molar-refractivity contribution in [1.82, 2.24) is 0 Å². The number of hydrogen-bond acceptors (Lipinski definition) is 15. The van der Waals surface area contributed by atoms with Gasteiger partial charge >= 0.3 is 39.5 Å². The molecular weight excluding hydrogens is 1220 g/mol. The SMILES string of the molecule is CCC(C)CCCCCCCCCCC(=O)O[C@H](COC(=O)CCCCCCCCC(C)CC)COP(=O)(O)OCC(O)COP(=O)(O)OC[C@@H](COC(=O)CCCCCCCCCC(C)C)OC(=O)CCCCCCCCCCCCCCCCCCCCC(C)C. The van der Waals surface area contributed by atoms with Gasteiger partial charge in [0.1, 0.15) is 19.3 Å². The summed E-state index contributed by atoms with van der Waals surface area (Å²) in [5, 5.41) is 10.6. The molecule has 0 amide bonds. The molecule has 0 heterocycles. The van der Waals surface area contributed by atoms with Gasteiger partial charge < -0.3 is 33.8 Å². The van der Waals surface area contributed by atoms with Gasteiger partial charge in [-0.1, -0.05) is 319 Å². The maximum atomic E-state index is 13.0. The van der Waals surface area contributed by atoms with Crippen LogP contribution in [0.5, 0.6) is 0 Å². The van der Waals surface area contributed by atoms with E-state index in [0.717, 1.165) is 120 Å². The standard InChI is InChI=1S/C74H144O17P2/c1-9-66(7)52-44-36-28-23-24-30-41-49-57-74(79)91-70(61-85-72(77)55-47-39-33-32-37-45-53-67(8)10-2)63-89-93(82,83)87-59-68(75)58-86-92(80,81)88-62-69(60-84-71(76)54-46-38-31-25-27-35-43-51-65(5)6)90-73(78)56-48-40-29-22-20-18-16-14-12-11-13-15-17-19-21-26-34-42-50-64(3)4/h64-70,75H,9-63H2,1-8H3,(H,80,81)(H,82,83)/t66?,67?,68?,69-,70-/m1/s1. The van der Waals surface area contributed by atoms with Gasteiger partial charge in [0, 0.05) is 25.7 Å². The molecule has 0 rings (SSSR count). The summed E-state index contributed by atoms with van der Waals surface area (Å²) in [6.45, 7) is 14.1. The minimum Gasteiger partial charge on any atom is -0.462 e. The number of carbonyl (C=O) groups excluding carboxylic acids is 4. The van der Waals surface area contributed by atoms with Crippen molar-refractivity contribution in [1.29, 1.82) is 0 Å². The zero-order chi connectivity index (χ0) is 68.9. The first kappa shape index (κ1) is 91.1. The molecule has 0 aromatic carbocycles. The molecule has 0 spiro atoms. The number of hydrogen-bond donors (Lipinski definition) is 3. The number of aliphatic hydroxyl groups excluding tert-OH is 1. The zero-order valence-corrected chi connectivity index (χ0v) is 62.7. The molecule has 17 nitrogen and oxygen atoms in total. The molecule has 0 aromatic heterocycles. The Morgan fingerprint density at radius 1 is 0.301 bits per heavy atom. The average Bonchev–Trinajstić information content (AvgIpc) is 1.88. The molecule has 93 heavy (non-hydrogen) atoms. The van der Waals surface area contributed by atoms with Crippen molar-refractivity contribution in [3.8, 4) is 0 Å². The Morgan fingerprint density at radius 3 is 0.763 bits per heavy atom. The molecule has 0 saturated heterocycles. The molecule has 19 heteroatoms. The maximum absolute atomic E-state index is 13.0. The van der Waals surface area contributed by atoms with Crippen LogP contribution in [0, 0.1) is 23.7 Å². The summed E-state index contributed by atoms with van der Waals surface area (Å²) in [4.78, 5) is 72.6. The van der Waals surface area contributed by atoms with Gasteiger partial charge in [0.15, 0.2) is 12.2 Å². The Labute approximate surface area is 568 Å². The summed E-state index contributed by atoms with van der Waals surface area (Å²) in [7, 11) is -9.91.